The zero-order chi connectivity index (χ0) is 10.7. The molecule has 0 spiro atoms. The molecule has 0 aromatic carbocycles. The highest BCUT2D eigenvalue weighted by Crippen LogP contribution is 2.07. The van der Waals surface area contributed by atoms with Crippen molar-refractivity contribution in [3.63, 3.8) is 0 Å². The van der Waals surface area contributed by atoms with Crippen LogP contribution < -0.4 is 5.43 Å². The zero-order valence-corrected chi connectivity index (χ0v) is 9.32. The number of rotatable bonds is 3. The summed E-state index contributed by atoms with van der Waals surface area (Å²) in [6, 6.07) is 4.21. The van der Waals surface area contributed by atoms with Gasteiger partial charge in [0.15, 0.2) is 0 Å². The van der Waals surface area contributed by atoms with Gasteiger partial charge in [0.25, 0.3) is 0 Å². The van der Waals surface area contributed by atoms with Crippen LogP contribution in [0.4, 0.5) is 0 Å². The van der Waals surface area contributed by atoms with Gasteiger partial charge in [-0.1, -0.05) is 0 Å². The van der Waals surface area contributed by atoms with E-state index in [1.54, 1.807) is 0 Å². The summed E-state index contributed by atoms with van der Waals surface area (Å²) in [6.45, 7) is 6.24. The Morgan fingerprint density at radius 1 is 1.40 bits per heavy atom. The van der Waals surface area contributed by atoms with E-state index >= 15 is 0 Å². The van der Waals surface area contributed by atoms with E-state index in [1.165, 1.54) is 11.4 Å². The van der Waals surface area contributed by atoms with E-state index in [2.05, 4.69) is 36.1 Å². The van der Waals surface area contributed by atoms with Crippen LogP contribution in [0, 0.1) is 13.8 Å². The van der Waals surface area contributed by atoms with E-state index < -0.39 is 0 Å². The van der Waals surface area contributed by atoms with Gasteiger partial charge < -0.3 is 14.9 Å². The van der Waals surface area contributed by atoms with Gasteiger partial charge in [-0.3, -0.25) is 4.68 Å². The van der Waals surface area contributed by atoms with E-state index in [4.69, 9.17) is 9.47 Å². The summed E-state index contributed by atoms with van der Waals surface area (Å²) in [4.78, 5) is 0. The van der Waals surface area contributed by atoms with Crippen LogP contribution in [0.15, 0.2) is 12.1 Å². The van der Waals surface area contributed by atoms with Crippen molar-refractivity contribution in [3.8, 4) is 0 Å². The van der Waals surface area contributed by atoms with Crippen molar-refractivity contribution in [1.82, 2.24) is 4.68 Å². The van der Waals surface area contributed by atoms with Crippen LogP contribution in [0.2, 0.25) is 0 Å². The van der Waals surface area contributed by atoms with Crippen molar-refractivity contribution in [2.75, 3.05) is 25.4 Å². The number of aryl methyl sites for hydroxylation is 2. The Bertz CT molecular complexity index is 297. The second-order valence-corrected chi connectivity index (χ2v) is 3.92. The number of hydrogen-bond acceptors (Lipinski definition) is 3. The molecule has 0 saturated carbocycles. The molecule has 2 rings (SSSR count). The predicted octanol–water partition coefficient (Wildman–Crippen LogP) is 1.41. The molecular weight excluding hydrogens is 192 g/mol. The van der Waals surface area contributed by atoms with E-state index in [0.717, 1.165) is 19.6 Å². The van der Waals surface area contributed by atoms with Crippen LogP contribution >= 0.6 is 0 Å². The monoisotopic (exact) mass is 210 g/mol. The topological polar surface area (TPSA) is 35.4 Å². The smallest absolute Gasteiger partial charge is 0.147 e. The summed E-state index contributed by atoms with van der Waals surface area (Å²) >= 11 is 0. The van der Waals surface area contributed by atoms with Crippen molar-refractivity contribution >= 4 is 0 Å². The Hall–Kier alpha value is -1.00. The summed E-state index contributed by atoms with van der Waals surface area (Å²) in [7, 11) is 0. The molecule has 1 saturated heterocycles. The fraction of sp³-hybridized carbons (Fsp3) is 0.636. The molecule has 1 aliphatic heterocycles. The SMILES string of the molecule is Cc1ccc(C)n1NCC1CCOCO1. The van der Waals surface area contributed by atoms with Gasteiger partial charge in [-0.15, -0.1) is 0 Å². The summed E-state index contributed by atoms with van der Waals surface area (Å²) in [5.74, 6) is 0. The molecule has 1 aromatic heterocycles. The number of nitrogens with one attached hydrogen (secondary N) is 1. The van der Waals surface area contributed by atoms with E-state index in [0.29, 0.717) is 6.79 Å². The third-order valence-corrected chi connectivity index (χ3v) is 2.72. The Labute approximate surface area is 90.1 Å². The van der Waals surface area contributed by atoms with Gasteiger partial charge in [0.2, 0.25) is 0 Å². The minimum absolute atomic E-state index is 0.264. The second kappa shape index (κ2) is 4.68. The van der Waals surface area contributed by atoms with Crippen molar-refractivity contribution in [2.45, 2.75) is 26.4 Å². The Morgan fingerprint density at radius 3 is 2.73 bits per heavy atom. The lowest BCUT2D eigenvalue weighted by molar-refractivity contribution is -0.134. The number of nitrogens with zero attached hydrogens (tertiary/aromatic N) is 1. The average Bonchev–Trinajstić information content (AvgIpc) is 2.58. The molecule has 0 bridgehead atoms. The standard InChI is InChI=1S/C11H18N2O2/c1-9-3-4-10(2)13(9)12-7-11-5-6-14-8-15-11/h3-4,11-12H,5-8H2,1-2H3. The van der Waals surface area contributed by atoms with E-state index in [1.807, 2.05) is 0 Å². The van der Waals surface area contributed by atoms with Crippen molar-refractivity contribution in [3.05, 3.63) is 23.5 Å². The Kier molecular flexibility index (Phi) is 3.28. The average molecular weight is 210 g/mol. The summed E-state index contributed by atoms with van der Waals surface area (Å²) in [6.07, 6.45) is 1.23. The van der Waals surface area contributed by atoms with Gasteiger partial charge in [0.1, 0.15) is 6.79 Å². The first-order valence-corrected chi connectivity index (χ1v) is 5.35. The molecule has 1 fully saturated rings. The van der Waals surface area contributed by atoms with E-state index in [-0.39, 0.29) is 6.10 Å². The highest BCUT2D eigenvalue weighted by atomic mass is 16.7. The fourth-order valence-corrected chi connectivity index (χ4v) is 1.77. The Balaban J connectivity index is 1.87. The lowest BCUT2D eigenvalue weighted by Crippen LogP contribution is -2.33. The maximum atomic E-state index is 5.46. The quantitative estimate of drug-likeness (QED) is 0.819. The van der Waals surface area contributed by atoms with Crippen LogP contribution in [0.5, 0.6) is 0 Å². The maximum Gasteiger partial charge on any atom is 0.147 e. The van der Waals surface area contributed by atoms with Gasteiger partial charge in [-0.05, 0) is 32.4 Å². The lowest BCUT2D eigenvalue weighted by Gasteiger charge is -2.24. The molecule has 1 N–H and O–H groups in total. The molecule has 1 atom stereocenters. The summed E-state index contributed by atoms with van der Waals surface area (Å²) < 4.78 is 12.7. The molecular formula is C11H18N2O2. The molecule has 84 valence electrons. The van der Waals surface area contributed by atoms with Gasteiger partial charge in [0.05, 0.1) is 19.3 Å². The lowest BCUT2D eigenvalue weighted by atomic mass is 10.2. The Morgan fingerprint density at radius 2 is 2.13 bits per heavy atom. The number of hydrogen-bond donors (Lipinski definition) is 1. The molecule has 15 heavy (non-hydrogen) atoms. The first-order chi connectivity index (χ1) is 7.27. The van der Waals surface area contributed by atoms with Crippen molar-refractivity contribution in [2.24, 2.45) is 0 Å². The van der Waals surface area contributed by atoms with Crippen molar-refractivity contribution in [1.29, 1.82) is 0 Å². The van der Waals surface area contributed by atoms with Gasteiger partial charge in [0, 0.05) is 11.4 Å². The third-order valence-electron chi connectivity index (χ3n) is 2.72. The van der Waals surface area contributed by atoms with Crippen LogP contribution in [-0.4, -0.2) is 30.7 Å². The summed E-state index contributed by atoms with van der Waals surface area (Å²) in [5, 5.41) is 0. The normalized spacial score (nSPS) is 21.6. The first kappa shape index (κ1) is 10.5. The molecule has 0 aliphatic carbocycles. The maximum absolute atomic E-state index is 5.46. The van der Waals surface area contributed by atoms with Gasteiger partial charge in [-0.25, -0.2) is 0 Å². The minimum atomic E-state index is 0.264. The number of aromatic nitrogens is 1. The van der Waals surface area contributed by atoms with Gasteiger partial charge >= 0.3 is 0 Å². The highest BCUT2D eigenvalue weighted by Gasteiger charge is 2.14. The highest BCUT2D eigenvalue weighted by molar-refractivity contribution is 5.15. The molecule has 4 nitrogen and oxygen atoms in total. The first-order valence-electron chi connectivity index (χ1n) is 5.35. The minimum Gasteiger partial charge on any atom is -0.355 e. The molecule has 1 unspecified atom stereocenters. The largest absolute Gasteiger partial charge is 0.355 e. The van der Waals surface area contributed by atoms with Crippen molar-refractivity contribution < 1.29 is 9.47 Å². The molecule has 0 radical (unpaired) electrons. The number of ether oxygens (including phenoxy) is 2. The molecule has 1 aliphatic rings. The third kappa shape index (κ3) is 2.52. The predicted molar refractivity (Wildman–Crippen MR) is 58.4 cm³/mol. The zero-order valence-electron chi connectivity index (χ0n) is 9.32. The van der Waals surface area contributed by atoms with Crippen LogP contribution in [0.1, 0.15) is 17.8 Å². The van der Waals surface area contributed by atoms with Crippen LogP contribution in [0.3, 0.4) is 0 Å². The fourth-order valence-electron chi connectivity index (χ4n) is 1.77. The molecule has 2 heterocycles. The molecule has 0 amide bonds. The molecule has 4 heteroatoms. The van der Waals surface area contributed by atoms with E-state index in [9.17, 15) is 0 Å². The van der Waals surface area contributed by atoms with Crippen LogP contribution in [0.25, 0.3) is 0 Å². The molecule has 1 aromatic rings. The summed E-state index contributed by atoms with van der Waals surface area (Å²) in [5.41, 5.74) is 5.81. The second-order valence-electron chi connectivity index (χ2n) is 3.92. The van der Waals surface area contributed by atoms with Crippen LogP contribution in [-0.2, 0) is 9.47 Å². The van der Waals surface area contributed by atoms with Gasteiger partial charge in [-0.2, -0.15) is 0 Å².